The van der Waals surface area contributed by atoms with Gasteiger partial charge in [0.1, 0.15) is 5.78 Å². The molecule has 1 rings (SSSR count). The van der Waals surface area contributed by atoms with Crippen molar-refractivity contribution in [1.82, 2.24) is 5.43 Å². The van der Waals surface area contributed by atoms with Gasteiger partial charge in [-0.05, 0) is 24.1 Å². The first-order valence-corrected chi connectivity index (χ1v) is 4.92. The first kappa shape index (κ1) is 11.1. The van der Waals surface area contributed by atoms with Crippen LogP contribution >= 0.6 is 12.2 Å². The second kappa shape index (κ2) is 4.04. The van der Waals surface area contributed by atoms with Gasteiger partial charge in [-0.1, -0.05) is 13.8 Å². The molecule has 0 atom stereocenters. The maximum absolute atomic E-state index is 11.4. The van der Waals surface area contributed by atoms with Gasteiger partial charge in [0.25, 0.3) is 0 Å². The van der Waals surface area contributed by atoms with Gasteiger partial charge in [-0.3, -0.25) is 10.2 Å². The third-order valence-electron chi connectivity index (χ3n) is 2.08. The quantitative estimate of drug-likeness (QED) is 0.503. The molecule has 0 radical (unpaired) electrons. The molecule has 1 fully saturated rings. The molecule has 3 N–H and O–H groups in total. The van der Waals surface area contributed by atoms with Crippen molar-refractivity contribution in [3.63, 3.8) is 0 Å². The highest BCUT2D eigenvalue weighted by molar-refractivity contribution is 7.80. The summed E-state index contributed by atoms with van der Waals surface area (Å²) < 4.78 is 0. The summed E-state index contributed by atoms with van der Waals surface area (Å²) in [5.41, 5.74) is 8.60. The summed E-state index contributed by atoms with van der Waals surface area (Å²) in [6.45, 7) is 4.11. The van der Waals surface area contributed by atoms with Crippen molar-refractivity contribution in [1.29, 1.82) is 0 Å². The number of hydrogen-bond acceptors (Lipinski definition) is 3. The van der Waals surface area contributed by atoms with E-state index in [1.165, 1.54) is 0 Å². The molecule has 4 nitrogen and oxygen atoms in total. The molecule has 1 aliphatic rings. The predicted octanol–water partition coefficient (Wildman–Crippen LogP) is 0.955. The summed E-state index contributed by atoms with van der Waals surface area (Å²) in [6.07, 6.45) is 1.85. The lowest BCUT2D eigenvalue weighted by molar-refractivity contribution is -0.120. The molecule has 0 heterocycles. The van der Waals surface area contributed by atoms with Gasteiger partial charge in [0.15, 0.2) is 5.11 Å². The topological polar surface area (TPSA) is 67.5 Å². The summed E-state index contributed by atoms with van der Waals surface area (Å²) in [6, 6.07) is 0. The van der Waals surface area contributed by atoms with E-state index in [-0.39, 0.29) is 16.3 Å². The van der Waals surface area contributed by atoms with Gasteiger partial charge in [0.2, 0.25) is 0 Å². The van der Waals surface area contributed by atoms with Crippen LogP contribution in [0.4, 0.5) is 0 Å². The van der Waals surface area contributed by atoms with E-state index >= 15 is 0 Å². The SMILES string of the molecule is CC1(C)CC(=O)C/C(=N\NC(N)=S)C1. The smallest absolute Gasteiger partial charge is 0.184 e. The summed E-state index contributed by atoms with van der Waals surface area (Å²) >= 11 is 4.63. The first-order chi connectivity index (χ1) is 6.39. The van der Waals surface area contributed by atoms with Gasteiger partial charge in [0, 0.05) is 18.6 Å². The van der Waals surface area contributed by atoms with Gasteiger partial charge >= 0.3 is 0 Å². The van der Waals surface area contributed by atoms with E-state index in [2.05, 4.69) is 36.6 Å². The number of ketones is 1. The van der Waals surface area contributed by atoms with Crippen LogP contribution in [0.2, 0.25) is 0 Å². The van der Waals surface area contributed by atoms with Gasteiger partial charge in [-0.2, -0.15) is 5.10 Å². The first-order valence-electron chi connectivity index (χ1n) is 4.52. The molecule has 0 spiro atoms. The molecule has 0 aromatic carbocycles. The van der Waals surface area contributed by atoms with E-state index in [9.17, 15) is 4.79 Å². The number of nitrogens with two attached hydrogens (primary N) is 1. The number of thiocarbonyl (C=S) groups is 1. The Morgan fingerprint density at radius 3 is 2.71 bits per heavy atom. The van der Waals surface area contributed by atoms with E-state index in [1.807, 2.05) is 0 Å². The molecule has 14 heavy (non-hydrogen) atoms. The second-order valence-corrected chi connectivity index (χ2v) is 4.83. The summed E-state index contributed by atoms with van der Waals surface area (Å²) in [7, 11) is 0. The number of Topliss-reactive ketones (excluding diaryl/α,β-unsaturated/α-hetero) is 1. The number of carbonyl (C=O) groups excluding carboxylic acids is 1. The van der Waals surface area contributed by atoms with Crippen molar-refractivity contribution in [3.05, 3.63) is 0 Å². The number of nitrogens with one attached hydrogen (secondary N) is 1. The lowest BCUT2D eigenvalue weighted by atomic mass is 9.76. The molecule has 0 unspecified atom stereocenters. The van der Waals surface area contributed by atoms with Gasteiger partial charge in [-0.15, -0.1) is 0 Å². The van der Waals surface area contributed by atoms with Crippen LogP contribution in [0.15, 0.2) is 5.10 Å². The van der Waals surface area contributed by atoms with Crippen LogP contribution in [0.25, 0.3) is 0 Å². The summed E-state index contributed by atoms with van der Waals surface area (Å²) in [4.78, 5) is 11.4. The minimum Gasteiger partial charge on any atom is -0.375 e. The lowest BCUT2D eigenvalue weighted by Gasteiger charge is -2.28. The minimum atomic E-state index is 0.00602. The van der Waals surface area contributed by atoms with Crippen LogP contribution in [-0.4, -0.2) is 16.6 Å². The van der Waals surface area contributed by atoms with E-state index in [0.29, 0.717) is 12.8 Å². The molecule has 1 saturated carbocycles. The molecular weight excluding hydrogens is 198 g/mol. The Kier molecular flexibility index (Phi) is 3.21. The summed E-state index contributed by atoms with van der Waals surface area (Å²) in [5, 5.41) is 4.14. The Morgan fingerprint density at radius 1 is 1.57 bits per heavy atom. The average molecular weight is 213 g/mol. The van der Waals surface area contributed by atoms with Crippen molar-refractivity contribution in [2.45, 2.75) is 33.1 Å². The van der Waals surface area contributed by atoms with Crippen LogP contribution < -0.4 is 11.2 Å². The Labute approximate surface area is 88.9 Å². The van der Waals surface area contributed by atoms with Crippen molar-refractivity contribution in [2.24, 2.45) is 16.3 Å². The van der Waals surface area contributed by atoms with E-state index < -0.39 is 0 Å². The third-order valence-corrected chi connectivity index (χ3v) is 2.18. The molecule has 0 aromatic rings. The van der Waals surface area contributed by atoms with Gasteiger partial charge in [0.05, 0.1) is 0 Å². The molecule has 78 valence electrons. The molecule has 5 heteroatoms. The van der Waals surface area contributed by atoms with Crippen molar-refractivity contribution < 1.29 is 4.79 Å². The van der Waals surface area contributed by atoms with Crippen LogP contribution in [0.3, 0.4) is 0 Å². The van der Waals surface area contributed by atoms with Crippen LogP contribution in [-0.2, 0) is 4.79 Å². The highest BCUT2D eigenvalue weighted by Crippen LogP contribution is 2.31. The number of rotatable bonds is 1. The lowest BCUT2D eigenvalue weighted by Crippen LogP contribution is -2.32. The zero-order valence-corrected chi connectivity index (χ0v) is 9.28. The molecule has 0 aliphatic heterocycles. The molecular formula is C9H15N3OS. The Hall–Kier alpha value is -0.970. The molecule has 0 saturated heterocycles. The van der Waals surface area contributed by atoms with Crippen LogP contribution in [0.5, 0.6) is 0 Å². The minimum absolute atomic E-state index is 0.00602. The molecule has 0 bridgehead atoms. The molecule has 0 aromatic heterocycles. The number of carbonyl (C=O) groups is 1. The number of hydrazone groups is 1. The Balaban J connectivity index is 2.66. The number of nitrogens with zero attached hydrogens (tertiary/aromatic N) is 1. The fourth-order valence-corrected chi connectivity index (χ4v) is 1.76. The maximum Gasteiger partial charge on any atom is 0.184 e. The van der Waals surface area contributed by atoms with Gasteiger partial charge < -0.3 is 5.73 Å². The van der Waals surface area contributed by atoms with Crippen LogP contribution in [0, 0.1) is 5.41 Å². The third kappa shape index (κ3) is 3.41. The average Bonchev–Trinajstić information content (AvgIpc) is 1.96. The fraction of sp³-hybridized carbons (Fsp3) is 0.667. The van der Waals surface area contributed by atoms with Crippen molar-refractivity contribution in [3.8, 4) is 0 Å². The molecule has 1 aliphatic carbocycles. The van der Waals surface area contributed by atoms with Crippen molar-refractivity contribution in [2.75, 3.05) is 0 Å². The normalized spacial score (nSPS) is 23.6. The van der Waals surface area contributed by atoms with E-state index in [4.69, 9.17) is 5.73 Å². The Bertz CT molecular complexity index is 296. The zero-order chi connectivity index (χ0) is 10.8. The Morgan fingerprint density at radius 2 is 2.21 bits per heavy atom. The summed E-state index contributed by atoms with van der Waals surface area (Å²) in [5.74, 6) is 0.227. The fourth-order valence-electron chi connectivity index (χ4n) is 1.71. The highest BCUT2D eigenvalue weighted by Gasteiger charge is 2.30. The monoisotopic (exact) mass is 213 g/mol. The second-order valence-electron chi connectivity index (χ2n) is 4.39. The largest absolute Gasteiger partial charge is 0.375 e. The van der Waals surface area contributed by atoms with Crippen molar-refractivity contribution >= 4 is 28.8 Å². The van der Waals surface area contributed by atoms with E-state index in [1.54, 1.807) is 0 Å². The maximum atomic E-state index is 11.4. The predicted molar refractivity (Wildman–Crippen MR) is 60.0 cm³/mol. The van der Waals surface area contributed by atoms with Crippen LogP contribution in [0.1, 0.15) is 33.1 Å². The zero-order valence-electron chi connectivity index (χ0n) is 8.46. The van der Waals surface area contributed by atoms with E-state index in [0.717, 1.165) is 12.1 Å². The highest BCUT2D eigenvalue weighted by atomic mass is 32.1. The number of hydrogen-bond donors (Lipinski definition) is 2. The standard InChI is InChI=1S/C9H15N3OS/c1-9(2)4-6(3-7(13)5-9)11-12-8(10)14/h3-5H2,1-2H3,(H3,10,12,14)/b11-6+. The van der Waals surface area contributed by atoms with Gasteiger partial charge in [-0.25, -0.2) is 0 Å². The molecule has 0 amide bonds.